The van der Waals surface area contributed by atoms with Crippen molar-refractivity contribution in [2.24, 2.45) is 0 Å². The summed E-state index contributed by atoms with van der Waals surface area (Å²) in [5.74, 6) is -0.187. The zero-order valence-corrected chi connectivity index (χ0v) is 20.1. The third-order valence-electron chi connectivity index (χ3n) is 6.68. The van der Waals surface area contributed by atoms with Gasteiger partial charge in [-0.15, -0.1) is 4.90 Å². The van der Waals surface area contributed by atoms with Crippen molar-refractivity contribution in [2.45, 2.75) is 69.4 Å². The molecule has 11 heteroatoms. The number of allylic oxidation sites excluding steroid dienone is 1. The molecular formula is C23H29N4O6S+. The highest BCUT2D eigenvalue weighted by atomic mass is 32.2. The highest BCUT2D eigenvalue weighted by Gasteiger charge is 2.48. The molecule has 2 fully saturated rings. The minimum atomic E-state index is -3.74. The van der Waals surface area contributed by atoms with E-state index < -0.39 is 32.8 Å². The van der Waals surface area contributed by atoms with Gasteiger partial charge >= 0.3 is 11.9 Å². The molecule has 1 saturated carbocycles. The highest BCUT2D eigenvalue weighted by Crippen LogP contribution is 2.36. The number of imide groups is 1. The molecule has 3 amide bonds. The first-order valence-electron chi connectivity index (χ1n) is 11.6. The van der Waals surface area contributed by atoms with Gasteiger partial charge in [0.1, 0.15) is 23.1 Å². The average molecular weight is 490 g/mol. The fraction of sp³-hybridized carbons (Fsp3) is 0.565. The summed E-state index contributed by atoms with van der Waals surface area (Å²) in [7, 11) is -3.74. The van der Waals surface area contributed by atoms with Crippen LogP contribution in [0.2, 0.25) is 0 Å². The van der Waals surface area contributed by atoms with Gasteiger partial charge < -0.3 is 9.26 Å². The van der Waals surface area contributed by atoms with Crippen LogP contribution in [-0.4, -0.2) is 70.7 Å². The van der Waals surface area contributed by atoms with Crippen molar-refractivity contribution < 1.29 is 31.8 Å². The fourth-order valence-corrected chi connectivity index (χ4v) is 6.12. The molecule has 1 aromatic heterocycles. The number of amides is 3. The van der Waals surface area contributed by atoms with E-state index in [1.165, 1.54) is 16.7 Å². The molecule has 2 aliphatic heterocycles. The van der Waals surface area contributed by atoms with Gasteiger partial charge in [-0.3, -0.25) is 0 Å². The molecule has 4 aliphatic rings. The number of nitrogens with one attached hydrogen (secondary N) is 1. The number of carbonyl (C=O) groups is 2. The van der Waals surface area contributed by atoms with Crippen molar-refractivity contribution in [1.82, 2.24) is 14.8 Å². The van der Waals surface area contributed by atoms with Gasteiger partial charge in [0.2, 0.25) is 10.0 Å². The van der Waals surface area contributed by atoms with Crippen LogP contribution in [0.5, 0.6) is 0 Å². The van der Waals surface area contributed by atoms with Crippen LogP contribution in [0.3, 0.4) is 0 Å². The molecule has 1 aromatic rings. The summed E-state index contributed by atoms with van der Waals surface area (Å²) in [6.07, 6.45) is 8.74. The van der Waals surface area contributed by atoms with Crippen LogP contribution in [0.15, 0.2) is 34.4 Å². The molecule has 34 heavy (non-hydrogen) atoms. The third-order valence-corrected chi connectivity index (χ3v) is 8.46. The van der Waals surface area contributed by atoms with Crippen LogP contribution < -0.4 is 4.72 Å². The number of aryl methyl sites for hydroxylation is 1. The molecule has 3 heterocycles. The number of ether oxygens (including phenoxy) is 1. The summed E-state index contributed by atoms with van der Waals surface area (Å²) in [5, 5.41) is 2.82. The number of rotatable bonds is 7. The summed E-state index contributed by atoms with van der Waals surface area (Å²) < 4.78 is 41.3. The first-order valence-corrected chi connectivity index (χ1v) is 13.2. The van der Waals surface area contributed by atoms with Gasteiger partial charge in [-0.2, -0.15) is 9.37 Å². The first kappa shape index (κ1) is 23.1. The van der Waals surface area contributed by atoms with E-state index in [2.05, 4.69) is 9.88 Å². The lowest BCUT2D eigenvalue weighted by molar-refractivity contribution is -0.451. The zero-order valence-electron chi connectivity index (χ0n) is 19.3. The lowest BCUT2D eigenvalue weighted by Crippen LogP contribution is -2.53. The molecule has 0 spiro atoms. The number of carbonyl (C=O) groups excluding carboxylic acids is 2. The molecule has 2 unspecified atom stereocenters. The second-order valence-corrected chi connectivity index (χ2v) is 11.5. The second kappa shape index (κ2) is 8.54. The molecular weight excluding hydrogens is 460 g/mol. The molecule has 0 bridgehead atoms. The number of urea groups is 1. The summed E-state index contributed by atoms with van der Waals surface area (Å²) in [5.41, 5.74) is 0.795. The van der Waals surface area contributed by atoms with E-state index in [0.717, 1.165) is 37.0 Å². The van der Waals surface area contributed by atoms with Crippen LogP contribution in [-0.2, 0) is 26.1 Å². The van der Waals surface area contributed by atoms with Crippen LogP contribution in [0.25, 0.3) is 0 Å². The highest BCUT2D eigenvalue weighted by molar-refractivity contribution is 7.90. The van der Waals surface area contributed by atoms with Crippen molar-refractivity contribution in [3.8, 4) is 0 Å². The Morgan fingerprint density at radius 3 is 2.74 bits per heavy atom. The molecule has 1 saturated heterocycles. The monoisotopic (exact) mass is 489 g/mol. The maximum atomic E-state index is 13.5. The quantitative estimate of drug-likeness (QED) is 0.580. The minimum Gasteiger partial charge on any atom is -0.374 e. The molecule has 10 nitrogen and oxygen atoms in total. The molecule has 0 radical (unpaired) electrons. The largest absolute Gasteiger partial charge is 0.501 e. The van der Waals surface area contributed by atoms with Crippen LogP contribution in [0.1, 0.15) is 50.5 Å². The number of aromatic nitrogens is 1. The van der Waals surface area contributed by atoms with E-state index >= 15 is 0 Å². The lowest BCUT2D eigenvalue weighted by Gasteiger charge is -2.28. The molecule has 1 N–H and O–H groups in total. The lowest BCUT2D eigenvalue weighted by atomic mass is 9.99. The Kier molecular flexibility index (Phi) is 5.81. The molecule has 0 aromatic carbocycles. The summed E-state index contributed by atoms with van der Waals surface area (Å²) in [4.78, 5) is 28.0. The average Bonchev–Trinajstić information content (AvgIpc) is 3.37. The molecule has 182 valence electrons. The van der Waals surface area contributed by atoms with Crippen molar-refractivity contribution >= 4 is 27.7 Å². The van der Waals surface area contributed by atoms with Crippen LogP contribution >= 0.6 is 0 Å². The Hall–Kier alpha value is -2.63. The minimum absolute atomic E-state index is 0.0946. The van der Waals surface area contributed by atoms with E-state index in [4.69, 9.17) is 9.26 Å². The van der Waals surface area contributed by atoms with Crippen LogP contribution in [0.4, 0.5) is 4.79 Å². The topological polar surface area (TPSA) is 122 Å². The Morgan fingerprint density at radius 2 is 2.09 bits per heavy atom. The Morgan fingerprint density at radius 1 is 1.29 bits per heavy atom. The predicted molar refractivity (Wildman–Crippen MR) is 122 cm³/mol. The predicted octanol–water partition coefficient (Wildman–Crippen LogP) is 1.80. The summed E-state index contributed by atoms with van der Waals surface area (Å²) in [6.45, 7) is 4.43. The fourth-order valence-electron chi connectivity index (χ4n) is 4.49. The van der Waals surface area contributed by atoms with Crippen molar-refractivity contribution in [3.63, 3.8) is 0 Å². The van der Waals surface area contributed by atoms with E-state index in [0.29, 0.717) is 23.8 Å². The van der Waals surface area contributed by atoms with Gasteiger partial charge in [0.25, 0.3) is 0 Å². The third kappa shape index (κ3) is 4.51. The Labute approximate surface area is 198 Å². The van der Waals surface area contributed by atoms with Gasteiger partial charge in [0.05, 0.1) is 11.8 Å². The SMILES string of the molecule is Cc1cc(CN2C(=O)C3=CC(S(=O)(=O)NC4(C)CC4)C=CC3=[N+](CC3CCCCO3)C2=O)on1. The van der Waals surface area contributed by atoms with Crippen LogP contribution in [0, 0.1) is 6.92 Å². The Bertz CT molecular complexity index is 1220. The molecule has 5 rings (SSSR count). The number of nitrogens with zero attached hydrogens (tertiary/aromatic N) is 3. The van der Waals surface area contributed by atoms with E-state index in [1.807, 2.05) is 6.92 Å². The number of hydrogen-bond donors (Lipinski definition) is 1. The van der Waals surface area contributed by atoms with Gasteiger partial charge in [-0.1, -0.05) is 11.2 Å². The van der Waals surface area contributed by atoms with Crippen molar-refractivity contribution in [3.05, 3.63) is 41.3 Å². The number of hydrogen-bond acceptors (Lipinski definition) is 7. The van der Waals surface area contributed by atoms with E-state index in [-0.39, 0.29) is 24.8 Å². The normalized spacial score (nSPS) is 26.5. The maximum Gasteiger partial charge on any atom is 0.501 e. The number of fused-ring (bicyclic) bond motifs is 1. The molecule has 2 aliphatic carbocycles. The van der Waals surface area contributed by atoms with E-state index in [1.54, 1.807) is 19.1 Å². The van der Waals surface area contributed by atoms with Gasteiger partial charge in [-0.25, -0.2) is 17.9 Å². The van der Waals surface area contributed by atoms with Gasteiger partial charge in [0, 0.05) is 18.2 Å². The smallest absolute Gasteiger partial charge is 0.374 e. The second-order valence-electron chi connectivity index (χ2n) is 9.70. The maximum absolute atomic E-state index is 13.5. The number of sulfonamides is 1. The first-order chi connectivity index (χ1) is 16.2. The van der Waals surface area contributed by atoms with Crippen molar-refractivity contribution in [2.75, 3.05) is 13.2 Å². The molecule has 2 atom stereocenters. The van der Waals surface area contributed by atoms with Gasteiger partial charge in [0.15, 0.2) is 12.3 Å². The standard InChI is InChI=1S/C23H29N4O6S/c1-15-11-17(33-24-15)14-27-21(28)19-12-18(34(30,31)25-23(2)8-9-23)6-7-20(19)26(22(27)29)13-16-5-3-4-10-32-16/h6-7,11-12,16,18,25H,3-5,8-10,13-14H2,1-2H3/q+1. The summed E-state index contributed by atoms with van der Waals surface area (Å²) >= 11 is 0. The van der Waals surface area contributed by atoms with Crippen molar-refractivity contribution in [1.29, 1.82) is 0 Å². The summed E-state index contributed by atoms with van der Waals surface area (Å²) in [6, 6.07) is 1.17. The van der Waals surface area contributed by atoms with E-state index in [9.17, 15) is 18.0 Å². The van der Waals surface area contributed by atoms with Gasteiger partial charge in [-0.05, 0) is 58.1 Å². The zero-order chi connectivity index (χ0) is 24.1. The Balaban J connectivity index is 1.50.